The highest BCUT2D eigenvalue weighted by Crippen LogP contribution is 2.39. The van der Waals surface area contributed by atoms with Crippen molar-refractivity contribution >= 4 is 50.1 Å². The van der Waals surface area contributed by atoms with Gasteiger partial charge in [-0.25, -0.2) is 0 Å². The average Bonchev–Trinajstić information content (AvgIpc) is 3.16. The lowest BCUT2D eigenvalue weighted by Gasteiger charge is -2.22. The second-order valence-corrected chi connectivity index (χ2v) is 8.61. The molecule has 5 rings (SSSR count). The first-order chi connectivity index (χ1) is 16.2. The highest BCUT2D eigenvalue weighted by Gasteiger charge is 2.31. The number of benzene rings is 4. The number of rotatable bonds is 5. The highest BCUT2D eigenvalue weighted by molar-refractivity contribution is 9.10. The molecule has 0 radical (unpaired) electrons. The molecule has 0 bridgehead atoms. The Labute approximate surface area is 201 Å². The summed E-state index contributed by atoms with van der Waals surface area (Å²) in [6, 6.07) is 30.1. The van der Waals surface area contributed by atoms with Crippen LogP contribution in [0.25, 0.3) is 22.5 Å². The van der Waals surface area contributed by atoms with Gasteiger partial charge in [0.25, 0.3) is 5.91 Å². The van der Waals surface area contributed by atoms with E-state index in [0.717, 1.165) is 43.5 Å². The fourth-order valence-corrected chi connectivity index (χ4v) is 4.65. The summed E-state index contributed by atoms with van der Waals surface area (Å²) in [4.78, 5) is 15.6. The van der Waals surface area contributed by atoms with Crippen molar-refractivity contribution in [2.45, 2.75) is 6.92 Å². The maximum absolute atomic E-state index is 13.8. The standard InChI is InChI=1S/C29H22BrNO2/c1-2-33-28-16-15-20(18-25(28)30)17-23-19-27(22-10-4-3-5-11-22)31(29(23)32)26-14-8-12-21-9-6-7-13-24(21)26/h3-19H,2H2,1H3/b23-17+. The van der Waals surface area contributed by atoms with E-state index in [1.165, 1.54) is 0 Å². The number of carbonyl (C=O) groups excluding carboxylic acids is 1. The molecule has 162 valence electrons. The van der Waals surface area contributed by atoms with Gasteiger partial charge in [0.05, 0.1) is 22.5 Å². The van der Waals surface area contributed by atoms with Crippen molar-refractivity contribution in [3.05, 3.63) is 118 Å². The van der Waals surface area contributed by atoms with Gasteiger partial charge in [-0.15, -0.1) is 0 Å². The van der Waals surface area contributed by atoms with Crippen LogP contribution in [0.1, 0.15) is 18.1 Å². The van der Waals surface area contributed by atoms with Gasteiger partial charge < -0.3 is 4.74 Å². The van der Waals surface area contributed by atoms with Crippen molar-refractivity contribution in [2.75, 3.05) is 11.5 Å². The average molecular weight is 496 g/mol. The van der Waals surface area contributed by atoms with Crippen molar-refractivity contribution in [2.24, 2.45) is 0 Å². The topological polar surface area (TPSA) is 29.5 Å². The lowest BCUT2D eigenvalue weighted by Crippen LogP contribution is -2.25. The molecule has 4 aromatic rings. The number of carbonyl (C=O) groups is 1. The smallest absolute Gasteiger partial charge is 0.262 e. The molecule has 0 N–H and O–H groups in total. The summed E-state index contributed by atoms with van der Waals surface area (Å²) in [7, 11) is 0. The summed E-state index contributed by atoms with van der Waals surface area (Å²) in [6.45, 7) is 2.55. The quantitative estimate of drug-likeness (QED) is 0.268. The molecule has 1 aliphatic rings. The SMILES string of the molecule is CCOc1ccc(/C=C2\C=C(c3ccccc3)N(c3cccc4ccccc34)C2=O)cc1Br. The van der Waals surface area contributed by atoms with Gasteiger partial charge in [0.2, 0.25) is 0 Å². The molecule has 1 heterocycles. The normalized spacial score (nSPS) is 14.7. The minimum atomic E-state index is -0.0461. The molecule has 1 amide bonds. The summed E-state index contributed by atoms with van der Waals surface area (Å²) in [5, 5.41) is 2.14. The van der Waals surface area contributed by atoms with Crippen molar-refractivity contribution in [3.63, 3.8) is 0 Å². The van der Waals surface area contributed by atoms with Crippen LogP contribution in [0.5, 0.6) is 5.75 Å². The maximum Gasteiger partial charge on any atom is 0.262 e. The zero-order valence-corrected chi connectivity index (χ0v) is 19.7. The molecule has 0 aromatic heterocycles. The van der Waals surface area contributed by atoms with E-state index >= 15 is 0 Å². The second kappa shape index (κ2) is 9.08. The molecule has 1 aliphatic heterocycles. The summed E-state index contributed by atoms with van der Waals surface area (Å²) >= 11 is 3.57. The van der Waals surface area contributed by atoms with Crippen LogP contribution in [-0.4, -0.2) is 12.5 Å². The molecule has 0 atom stereocenters. The van der Waals surface area contributed by atoms with Crippen molar-refractivity contribution < 1.29 is 9.53 Å². The number of nitrogens with zero attached hydrogens (tertiary/aromatic N) is 1. The predicted octanol–water partition coefficient (Wildman–Crippen LogP) is 7.47. The fourth-order valence-electron chi connectivity index (χ4n) is 4.14. The minimum absolute atomic E-state index is 0.0461. The molecule has 3 nitrogen and oxygen atoms in total. The summed E-state index contributed by atoms with van der Waals surface area (Å²) < 4.78 is 6.48. The van der Waals surface area contributed by atoms with Gasteiger partial charge in [-0.3, -0.25) is 9.69 Å². The van der Waals surface area contributed by atoms with E-state index in [2.05, 4.69) is 34.1 Å². The van der Waals surface area contributed by atoms with Gasteiger partial charge in [-0.05, 0) is 69.7 Å². The summed E-state index contributed by atoms with van der Waals surface area (Å²) in [6.07, 6.45) is 3.90. The fraction of sp³-hybridized carbons (Fsp3) is 0.0690. The second-order valence-electron chi connectivity index (χ2n) is 7.76. The Morgan fingerprint density at radius 2 is 1.67 bits per heavy atom. The largest absolute Gasteiger partial charge is 0.493 e. The number of hydrogen-bond donors (Lipinski definition) is 0. The zero-order valence-electron chi connectivity index (χ0n) is 18.2. The molecule has 4 aromatic carbocycles. The minimum Gasteiger partial charge on any atom is -0.493 e. The Morgan fingerprint density at radius 3 is 2.45 bits per heavy atom. The third-order valence-electron chi connectivity index (χ3n) is 5.64. The van der Waals surface area contributed by atoms with Crippen LogP contribution in [0.2, 0.25) is 0 Å². The molecule has 0 saturated heterocycles. The Morgan fingerprint density at radius 1 is 0.909 bits per heavy atom. The third-order valence-corrected chi connectivity index (χ3v) is 6.26. The molecule has 4 heteroatoms. The number of hydrogen-bond acceptors (Lipinski definition) is 2. The first kappa shape index (κ1) is 21.2. The van der Waals surface area contributed by atoms with Crippen molar-refractivity contribution in [1.29, 1.82) is 0 Å². The van der Waals surface area contributed by atoms with Gasteiger partial charge >= 0.3 is 0 Å². The highest BCUT2D eigenvalue weighted by atomic mass is 79.9. The molecule has 33 heavy (non-hydrogen) atoms. The Hall–Kier alpha value is -3.63. The van der Waals surface area contributed by atoms with Crippen LogP contribution in [0.4, 0.5) is 5.69 Å². The molecule has 0 saturated carbocycles. The molecular weight excluding hydrogens is 474 g/mol. The van der Waals surface area contributed by atoms with Gasteiger partial charge in [0, 0.05) is 11.0 Å². The molecule has 0 fully saturated rings. The van der Waals surface area contributed by atoms with E-state index in [4.69, 9.17) is 4.74 Å². The number of anilines is 1. The molecule has 0 aliphatic carbocycles. The van der Waals surface area contributed by atoms with Gasteiger partial charge in [-0.1, -0.05) is 72.8 Å². The van der Waals surface area contributed by atoms with Gasteiger partial charge in [0.1, 0.15) is 5.75 Å². The van der Waals surface area contributed by atoms with Gasteiger partial charge in [-0.2, -0.15) is 0 Å². The lowest BCUT2D eigenvalue weighted by molar-refractivity contribution is -0.113. The number of ether oxygens (including phenoxy) is 1. The number of halogens is 1. The zero-order chi connectivity index (χ0) is 22.8. The lowest BCUT2D eigenvalue weighted by atomic mass is 10.1. The maximum atomic E-state index is 13.8. The third kappa shape index (κ3) is 4.10. The first-order valence-electron chi connectivity index (χ1n) is 10.9. The predicted molar refractivity (Wildman–Crippen MR) is 139 cm³/mol. The van der Waals surface area contributed by atoms with Crippen molar-refractivity contribution in [3.8, 4) is 5.75 Å². The molecular formula is C29H22BrNO2. The van der Waals surface area contributed by atoms with Crippen molar-refractivity contribution in [1.82, 2.24) is 0 Å². The van der Waals surface area contributed by atoms with E-state index in [1.807, 2.05) is 96.8 Å². The Bertz CT molecular complexity index is 1400. The Kier molecular flexibility index (Phi) is 5.84. The van der Waals surface area contributed by atoms with E-state index < -0.39 is 0 Å². The number of fused-ring (bicyclic) bond motifs is 1. The van der Waals surface area contributed by atoms with Gasteiger partial charge in [0.15, 0.2) is 0 Å². The molecule has 0 unspecified atom stereocenters. The Balaban J connectivity index is 1.63. The van der Waals surface area contributed by atoms with E-state index in [-0.39, 0.29) is 5.91 Å². The van der Waals surface area contributed by atoms with E-state index in [1.54, 1.807) is 0 Å². The van der Waals surface area contributed by atoms with E-state index in [0.29, 0.717) is 12.2 Å². The number of amides is 1. The van der Waals surface area contributed by atoms with E-state index in [9.17, 15) is 4.79 Å². The summed E-state index contributed by atoms with van der Waals surface area (Å²) in [5.74, 6) is 0.741. The van der Waals surface area contributed by atoms with Crippen LogP contribution in [0.15, 0.2) is 107 Å². The molecule has 0 spiro atoms. The van der Waals surface area contributed by atoms with Crippen LogP contribution in [0, 0.1) is 0 Å². The van der Waals surface area contributed by atoms with Crippen LogP contribution in [-0.2, 0) is 4.79 Å². The van der Waals surface area contributed by atoms with Crippen LogP contribution >= 0.6 is 15.9 Å². The van der Waals surface area contributed by atoms with Crippen LogP contribution in [0.3, 0.4) is 0 Å². The monoisotopic (exact) mass is 495 g/mol. The van der Waals surface area contributed by atoms with Crippen LogP contribution < -0.4 is 9.64 Å². The summed E-state index contributed by atoms with van der Waals surface area (Å²) in [5.41, 5.74) is 4.31. The first-order valence-corrected chi connectivity index (χ1v) is 11.7.